The normalized spacial score (nSPS) is 11.3. The maximum atomic E-state index is 12.6. The molecule has 136 valence electrons. The number of rotatable bonds is 7. The van der Waals surface area contributed by atoms with Crippen LogP contribution in [0.2, 0.25) is 0 Å². The van der Waals surface area contributed by atoms with Crippen LogP contribution in [-0.2, 0) is 17.6 Å². The standard InChI is InChI=1S/C20H26N2O2.ClH/c1-4-22(20(23)14-17-5-9-18(21)10-6-17)15(2)13-16-7-11-19(24-3)12-8-16;/h5-12,15H,4,13-14,21H2,1-3H3;1H. The molecule has 0 bridgehead atoms. The molecule has 0 aliphatic heterocycles. The Morgan fingerprint density at radius 3 is 2.16 bits per heavy atom. The molecule has 0 heterocycles. The summed E-state index contributed by atoms with van der Waals surface area (Å²) in [6.45, 7) is 4.81. The van der Waals surface area contributed by atoms with E-state index in [9.17, 15) is 4.79 Å². The van der Waals surface area contributed by atoms with Crippen LogP contribution in [0, 0.1) is 0 Å². The topological polar surface area (TPSA) is 55.6 Å². The number of carbonyl (C=O) groups excluding carboxylic acids is 1. The van der Waals surface area contributed by atoms with Gasteiger partial charge in [0.05, 0.1) is 13.5 Å². The fourth-order valence-corrected chi connectivity index (χ4v) is 2.86. The molecule has 0 spiro atoms. The molecule has 25 heavy (non-hydrogen) atoms. The smallest absolute Gasteiger partial charge is 0.227 e. The average Bonchev–Trinajstić information content (AvgIpc) is 2.58. The molecule has 1 unspecified atom stereocenters. The summed E-state index contributed by atoms with van der Waals surface area (Å²) in [6, 6.07) is 15.6. The van der Waals surface area contributed by atoms with Crippen LogP contribution in [0.4, 0.5) is 5.69 Å². The summed E-state index contributed by atoms with van der Waals surface area (Å²) in [4.78, 5) is 14.6. The minimum atomic E-state index is 0. The molecule has 0 saturated heterocycles. The molecule has 1 atom stereocenters. The van der Waals surface area contributed by atoms with Gasteiger partial charge >= 0.3 is 0 Å². The lowest BCUT2D eigenvalue weighted by molar-refractivity contribution is -0.132. The summed E-state index contributed by atoms with van der Waals surface area (Å²) in [6.07, 6.45) is 1.23. The number of anilines is 1. The number of hydrogen-bond acceptors (Lipinski definition) is 3. The number of nitrogen functional groups attached to an aromatic ring is 1. The van der Waals surface area contributed by atoms with Gasteiger partial charge in [-0.15, -0.1) is 12.4 Å². The van der Waals surface area contributed by atoms with E-state index in [0.717, 1.165) is 17.7 Å². The van der Waals surface area contributed by atoms with Gasteiger partial charge in [0.25, 0.3) is 0 Å². The van der Waals surface area contributed by atoms with Crippen molar-refractivity contribution in [3.8, 4) is 5.75 Å². The summed E-state index contributed by atoms with van der Waals surface area (Å²) in [5.41, 5.74) is 8.59. The van der Waals surface area contributed by atoms with E-state index in [-0.39, 0.29) is 24.4 Å². The summed E-state index contributed by atoms with van der Waals surface area (Å²) in [5, 5.41) is 0. The van der Waals surface area contributed by atoms with E-state index in [4.69, 9.17) is 10.5 Å². The fraction of sp³-hybridized carbons (Fsp3) is 0.350. The third-order valence-electron chi connectivity index (χ3n) is 4.22. The van der Waals surface area contributed by atoms with Crippen molar-refractivity contribution in [1.82, 2.24) is 4.90 Å². The second-order valence-corrected chi connectivity index (χ2v) is 6.00. The van der Waals surface area contributed by atoms with Crippen molar-refractivity contribution >= 4 is 24.0 Å². The van der Waals surface area contributed by atoms with Gasteiger partial charge in [-0.1, -0.05) is 24.3 Å². The van der Waals surface area contributed by atoms with Gasteiger partial charge in [0, 0.05) is 18.3 Å². The lowest BCUT2D eigenvalue weighted by Gasteiger charge is -2.28. The minimum absolute atomic E-state index is 0. The Kier molecular flexibility index (Phi) is 8.29. The quantitative estimate of drug-likeness (QED) is 0.764. The molecule has 5 heteroatoms. The minimum Gasteiger partial charge on any atom is -0.497 e. The van der Waals surface area contributed by atoms with Gasteiger partial charge in [-0.3, -0.25) is 4.79 Å². The van der Waals surface area contributed by atoms with Gasteiger partial charge < -0.3 is 15.4 Å². The first kappa shape index (κ1) is 20.8. The Morgan fingerprint density at radius 1 is 1.08 bits per heavy atom. The molecule has 0 aliphatic carbocycles. The first-order valence-electron chi connectivity index (χ1n) is 8.30. The van der Waals surface area contributed by atoms with Crippen LogP contribution >= 0.6 is 12.4 Å². The number of benzene rings is 2. The van der Waals surface area contributed by atoms with E-state index in [0.29, 0.717) is 18.7 Å². The van der Waals surface area contributed by atoms with E-state index in [1.165, 1.54) is 5.56 Å². The van der Waals surface area contributed by atoms with Gasteiger partial charge in [-0.2, -0.15) is 0 Å². The average molecular weight is 363 g/mol. The first-order valence-corrected chi connectivity index (χ1v) is 8.30. The van der Waals surface area contributed by atoms with Crippen molar-refractivity contribution < 1.29 is 9.53 Å². The summed E-state index contributed by atoms with van der Waals surface area (Å²) >= 11 is 0. The molecule has 2 N–H and O–H groups in total. The van der Waals surface area contributed by atoms with Crippen LogP contribution in [0.25, 0.3) is 0 Å². The highest BCUT2D eigenvalue weighted by molar-refractivity contribution is 5.85. The van der Waals surface area contributed by atoms with Crippen LogP contribution in [0.5, 0.6) is 5.75 Å². The highest BCUT2D eigenvalue weighted by Gasteiger charge is 2.19. The fourth-order valence-electron chi connectivity index (χ4n) is 2.86. The molecule has 0 radical (unpaired) electrons. The number of nitrogens with two attached hydrogens (primary N) is 1. The third-order valence-corrected chi connectivity index (χ3v) is 4.22. The molecule has 2 aromatic carbocycles. The molecule has 4 nitrogen and oxygen atoms in total. The Balaban J connectivity index is 0.00000312. The van der Waals surface area contributed by atoms with Crippen LogP contribution in [0.3, 0.4) is 0 Å². The van der Waals surface area contributed by atoms with Crippen molar-refractivity contribution in [2.24, 2.45) is 0 Å². The third kappa shape index (κ3) is 5.98. The van der Waals surface area contributed by atoms with Crippen LogP contribution in [0.1, 0.15) is 25.0 Å². The molecule has 0 fully saturated rings. The maximum absolute atomic E-state index is 12.6. The van der Waals surface area contributed by atoms with Gasteiger partial charge in [-0.25, -0.2) is 0 Å². The Morgan fingerprint density at radius 2 is 1.64 bits per heavy atom. The van der Waals surface area contributed by atoms with Crippen LogP contribution in [0.15, 0.2) is 48.5 Å². The second kappa shape index (κ2) is 9.94. The summed E-state index contributed by atoms with van der Waals surface area (Å²) < 4.78 is 5.18. The number of halogens is 1. The SMILES string of the molecule is CCN(C(=O)Cc1ccc(N)cc1)C(C)Cc1ccc(OC)cc1.Cl. The van der Waals surface area contributed by atoms with Gasteiger partial charge in [0.2, 0.25) is 5.91 Å². The zero-order chi connectivity index (χ0) is 17.5. The predicted octanol–water partition coefficient (Wildman–Crippen LogP) is 3.72. The van der Waals surface area contributed by atoms with E-state index in [2.05, 4.69) is 6.92 Å². The van der Waals surface area contributed by atoms with E-state index >= 15 is 0 Å². The lowest BCUT2D eigenvalue weighted by Crippen LogP contribution is -2.40. The number of nitrogens with zero attached hydrogens (tertiary/aromatic N) is 1. The van der Waals surface area contributed by atoms with E-state index in [1.54, 1.807) is 7.11 Å². The number of hydrogen-bond donors (Lipinski definition) is 1. The van der Waals surface area contributed by atoms with E-state index in [1.807, 2.05) is 60.4 Å². The number of amides is 1. The van der Waals surface area contributed by atoms with Gasteiger partial charge in [0.15, 0.2) is 0 Å². The van der Waals surface area contributed by atoms with E-state index < -0.39 is 0 Å². The van der Waals surface area contributed by atoms with Crippen molar-refractivity contribution in [3.05, 3.63) is 59.7 Å². The zero-order valence-electron chi connectivity index (χ0n) is 15.1. The first-order chi connectivity index (χ1) is 11.5. The van der Waals surface area contributed by atoms with Crippen molar-refractivity contribution in [2.75, 3.05) is 19.4 Å². The molecule has 0 aliphatic rings. The molecule has 0 aromatic heterocycles. The van der Waals surface area contributed by atoms with Crippen molar-refractivity contribution in [2.45, 2.75) is 32.7 Å². The lowest BCUT2D eigenvalue weighted by atomic mass is 10.0. The van der Waals surface area contributed by atoms with Crippen LogP contribution < -0.4 is 10.5 Å². The second-order valence-electron chi connectivity index (χ2n) is 6.00. The Labute approximate surface area is 156 Å². The zero-order valence-corrected chi connectivity index (χ0v) is 15.9. The molecule has 1 amide bonds. The molecule has 2 aromatic rings. The monoisotopic (exact) mass is 362 g/mol. The highest BCUT2D eigenvalue weighted by atomic mass is 35.5. The summed E-state index contributed by atoms with van der Waals surface area (Å²) in [5.74, 6) is 0.987. The number of ether oxygens (including phenoxy) is 1. The maximum Gasteiger partial charge on any atom is 0.227 e. The van der Waals surface area contributed by atoms with Gasteiger partial charge in [-0.05, 0) is 55.7 Å². The summed E-state index contributed by atoms with van der Waals surface area (Å²) in [7, 11) is 1.66. The van der Waals surface area contributed by atoms with Crippen molar-refractivity contribution in [1.29, 1.82) is 0 Å². The number of carbonyl (C=O) groups is 1. The van der Waals surface area contributed by atoms with Gasteiger partial charge in [0.1, 0.15) is 5.75 Å². The Bertz CT molecular complexity index is 656. The Hall–Kier alpha value is -2.20. The number of methoxy groups -OCH3 is 1. The molecular formula is C20H27ClN2O2. The molecule has 2 rings (SSSR count). The van der Waals surface area contributed by atoms with Crippen molar-refractivity contribution in [3.63, 3.8) is 0 Å². The molecule has 0 saturated carbocycles. The highest BCUT2D eigenvalue weighted by Crippen LogP contribution is 2.16. The van der Waals surface area contributed by atoms with Crippen LogP contribution in [-0.4, -0.2) is 30.5 Å². The predicted molar refractivity (Wildman–Crippen MR) is 105 cm³/mol. The molecular weight excluding hydrogens is 336 g/mol. The largest absolute Gasteiger partial charge is 0.497 e. The number of likely N-dealkylation sites (N-methyl/N-ethyl adjacent to an activating group) is 1.